The number of unbranched alkanes of at least 4 members (excludes halogenated alkanes) is 1. The summed E-state index contributed by atoms with van der Waals surface area (Å²) in [5.41, 5.74) is 2.72. The van der Waals surface area contributed by atoms with Gasteiger partial charge in [-0.1, -0.05) is 105 Å². The first kappa shape index (κ1) is 40.4. The number of carbonyl (C=O) groups is 6. The van der Waals surface area contributed by atoms with Crippen molar-refractivity contribution < 1.29 is 28.8 Å². The van der Waals surface area contributed by atoms with E-state index in [1.165, 1.54) is 4.90 Å². The summed E-state index contributed by atoms with van der Waals surface area (Å²) in [5.74, 6) is -1.79. The molecule has 54 heavy (non-hydrogen) atoms. The average Bonchev–Trinajstić information content (AvgIpc) is 3.32. The Morgan fingerprint density at radius 2 is 1.44 bits per heavy atom. The summed E-state index contributed by atoms with van der Waals surface area (Å²) in [6.45, 7) is 6.01. The van der Waals surface area contributed by atoms with Crippen LogP contribution in [0.15, 0.2) is 84.9 Å². The van der Waals surface area contributed by atoms with Crippen LogP contribution in [-0.4, -0.2) is 106 Å². The molecule has 0 saturated carbocycles. The maximum Gasteiger partial charge on any atom is 0.261 e. The van der Waals surface area contributed by atoms with Crippen molar-refractivity contribution >= 4 is 46.4 Å². The summed E-state index contributed by atoms with van der Waals surface area (Å²) < 4.78 is 0. The van der Waals surface area contributed by atoms with E-state index in [1.807, 2.05) is 79.4 Å². The average molecular weight is 754 g/mol. The van der Waals surface area contributed by atoms with Gasteiger partial charge in [0.1, 0.15) is 12.1 Å². The number of rotatable bonds is 17. The van der Waals surface area contributed by atoms with E-state index >= 15 is 0 Å². The monoisotopic (exact) mass is 753 g/mol. The normalized spacial score (nSPS) is 18.3. The van der Waals surface area contributed by atoms with Crippen LogP contribution >= 0.6 is 11.8 Å². The van der Waals surface area contributed by atoms with Gasteiger partial charge in [-0.25, -0.2) is 0 Å². The Kier molecular flexibility index (Phi) is 14.6. The fourth-order valence-corrected chi connectivity index (χ4v) is 8.32. The molecule has 2 aliphatic heterocycles. The summed E-state index contributed by atoms with van der Waals surface area (Å²) in [7, 11) is 1.56. The first-order chi connectivity index (χ1) is 26.1. The van der Waals surface area contributed by atoms with Gasteiger partial charge in [-0.2, -0.15) is 0 Å². The minimum atomic E-state index is -0.938. The highest BCUT2D eigenvalue weighted by Gasteiger charge is 2.40. The van der Waals surface area contributed by atoms with E-state index in [-0.39, 0.29) is 47.8 Å². The van der Waals surface area contributed by atoms with Crippen molar-refractivity contribution in [3.8, 4) is 0 Å². The smallest absolute Gasteiger partial charge is 0.261 e. The maximum absolute atomic E-state index is 14.5. The Hall–Kier alpha value is -4.81. The van der Waals surface area contributed by atoms with Crippen molar-refractivity contribution in [2.75, 3.05) is 39.8 Å². The molecule has 2 N–H and O–H groups in total. The van der Waals surface area contributed by atoms with Gasteiger partial charge in [-0.3, -0.25) is 38.6 Å². The van der Waals surface area contributed by atoms with Gasteiger partial charge in [-0.05, 0) is 68.0 Å². The van der Waals surface area contributed by atoms with Crippen molar-refractivity contribution in [1.29, 1.82) is 0 Å². The first-order valence-electron chi connectivity index (χ1n) is 18.9. The Labute approximate surface area is 322 Å². The van der Waals surface area contributed by atoms with Crippen LogP contribution in [0.5, 0.6) is 0 Å². The number of likely N-dealkylation sites (tertiary alicyclic amines) is 1. The highest BCUT2D eigenvalue weighted by molar-refractivity contribution is 8.14. The molecule has 0 bridgehead atoms. The highest BCUT2D eigenvalue weighted by Crippen LogP contribution is 2.31. The Balaban J connectivity index is 1.35. The molecule has 1 fully saturated rings. The van der Waals surface area contributed by atoms with Crippen molar-refractivity contribution in [1.82, 2.24) is 25.3 Å². The summed E-state index contributed by atoms with van der Waals surface area (Å²) in [6.07, 6.45) is 2.45. The van der Waals surface area contributed by atoms with Crippen LogP contribution in [0, 0.1) is 0 Å². The predicted octanol–water partition coefficient (Wildman–Crippen LogP) is 4.67. The number of hydrogen-bond donors (Lipinski definition) is 2. The van der Waals surface area contributed by atoms with Crippen LogP contribution in [0.4, 0.5) is 0 Å². The standard InChI is InChI=1S/C42H51N5O6S/c1-4-45(5-2)28-37(48)54-36(22-14-15-24-47-40(51)32-20-12-13-21-33(32)41(47)52)39(50)44-34-27-31(30-18-10-7-11-19-30)23-25-46(42(34)53)35(38(49)43-3)26-29-16-8-6-9-17-29/h6-13,16-21,31,34-36H,4-5,14-15,22-28H2,1-3H3,(H,43,49)(H,44,50). The van der Waals surface area contributed by atoms with Gasteiger partial charge in [0.25, 0.3) is 11.8 Å². The number of imide groups is 1. The zero-order valence-electron chi connectivity index (χ0n) is 31.4. The molecular formula is C42H51N5O6S. The summed E-state index contributed by atoms with van der Waals surface area (Å²) >= 11 is 0.966. The van der Waals surface area contributed by atoms with Crippen LogP contribution in [0.1, 0.15) is 83.7 Å². The lowest BCUT2D eigenvalue weighted by atomic mass is 9.90. The third-order valence-corrected chi connectivity index (χ3v) is 11.5. The molecule has 5 rings (SSSR count). The van der Waals surface area contributed by atoms with E-state index in [9.17, 15) is 28.8 Å². The number of amides is 5. The number of carbonyl (C=O) groups excluding carboxylic acids is 6. The lowest BCUT2D eigenvalue weighted by Crippen LogP contribution is -2.56. The van der Waals surface area contributed by atoms with E-state index in [0.29, 0.717) is 69.3 Å². The predicted molar refractivity (Wildman–Crippen MR) is 210 cm³/mol. The molecule has 4 unspecified atom stereocenters. The third-order valence-electron chi connectivity index (χ3n) is 10.4. The molecule has 0 spiro atoms. The fraction of sp³-hybridized carbons (Fsp3) is 0.429. The number of likely N-dealkylation sites (N-methyl/N-ethyl adjacent to an activating group) is 2. The second-order valence-corrected chi connectivity index (χ2v) is 15.0. The van der Waals surface area contributed by atoms with Crippen LogP contribution in [0.2, 0.25) is 0 Å². The van der Waals surface area contributed by atoms with Crippen molar-refractivity contribution in [3.05, 3.63) is 107 Å². The first-order valence-corrected chi connectivity index (χ1v) is 19.8. The summed E-state index contributed by atoms with van der Waals surface area (Å²) in [6, 6.07) is 24.4. The van der Waals surface area contributed by atoms with Crippen LogP contribution < -0.4 is 10.6 Å². The van der Waals surface area contributed by atoms with Gasteiger partial charge in [0.2, 0.25) is 22.8 Å². The van der Waals surface area contributed by atoms with E-state index in [2.05, 4.69) is 10.6 Å². The third kappa shape index (κ3) is 10.0. The van der Waals surface area contributed by atoms with Gasteiger partial charge >= 0.3 is 0 Å². The summed E-state index contributed by atoms with van der Waals surface area (Å²) in [5, 5.41) is 4.81. The molecule has 2 heterocycles. The minimum Gasteiger partial charge on any atom is -0.357 e. The van der Waals surface area contributed by atoms with Crippen molar-refractivity contribution in [2.45, 2.75) is 75.6 Å². The Bertz CT molecular complexity index is 1750. The van der Waals surface area contributed by atoms with E-state index in [4.69, 9.17) is 0 Å². The molecule has 3 aromatic rings. The van der Waals surface area contributed by atoms with Gasteiger partial charge in [0.05, 0.1) is 22.9 Å². The van der Waals surface area contributed by atoms with Crippen molar-refractivity contribution in [3.63, 3.8) is 0 Å². The largest absolute Gasteiger partial charge is 0.357 e. The fourth-order valence-electron chi connectivity index (χ4n) is 7.29. The number of fused-ring (bicyclic) bond motifs is 1. The molecule has 2 aliphatic rings. The molecule has 5 amide bonds. The molecule has 1 saturated heterocycles. The molecule has 4 atom stereocenters. The zero-order valence-corrected chi connectivity index (χ0v) is 32.2. The Morgan fingerprint density at radius 1 is 0.833 bits per heavy atom. The highest BCUT2D eigenvalue weighted by atomic mass is 32.2. The van der Waals surface area contributed by atoms with Crippen LogP contribution in [0.25, 0.3) is 0 Å². The number of nitrogens with zero attached hydrogens (tertiary/aromatic N) is 3. The van der Waals surface area contributed by atoms with Gasteiger partial charge in [0, 0.05) is 26.6 Å². The molecular weight excluding hydrogens is 703 g/mol. The lowest BCUT2D eigenvalue weighted by Gasteiger charge is -2.32. The quantitative estimate of drug-likeness (QED) is 0.150. The number of thioether (sulfide) groups is 1. The van der Waals surface area contributed by atoms with Gasteiger partial charge in [0.15, 0.2) is 0 Å². The molecule has 0 aliphatic carbocycles. The maximum atomic E-state index is 14.5. The second-order valence-electron chi connectivity index (χ2n) is 13.8. The van der Waals surface area contributed by atoms with Crippen molar-refractivity contribution in [2.24, 2.45) is 0 Å². The minimum absolute atomic E-state index is 0.0671. The Morgan fingerprint density at radius 3 is 2.06 bits per heavy atom. The van der Waals surface area contributed by atoms with E-state index in [0.717, 1.165) is 22.9 Å². The molecule has 12 heteroatoms. The molecule has 11 nitrogen and oxygen atoms in total. The molecule has 0 radical (unpaired) electrons. The zero-order chi connectivity index (χ0) is 38.6. The molecule has 3 aromatic carbocycles. The summed E-state index contributed by atoms with van der Waals surface area (Å²) in [4.78, 5) is 86.2. The van der Waals surface area contributed by atoms with Crippen LogP contribution in [0.3, 0.4) is 0 Å². The van der Waals surface area contributed by atoms with E-state index < -0.39 is 23.2 Å². The number of benzene rings is 3. The lowest BCUT2D eigenvalue weighted by molar-refractivity contribution is -0.142. The van der Waals surface area contributed by atoms with E-state index in [1.54, 1.807) is 36.2 Å². The molecule has 0 aromatic heterocycles. The topological polar surface area (TPSA) is 136 Å². The van der Waals surface area contributed by atoms with Gasteiger partial charge in [-0.15, -0.1) is 0 Å². The SMILES string of the molecule is CCN(CC)CC(=O)SC(CCCCN1C(=O)c2ccccc2C1=O)C(=O)NC1CC(c2ccccc2)CCN(C(Cc2ccccc2)C(=O)NC)C1=O. The van der Waals surface area contributed by atoms with Gasteiger partial charge < -0.3 is 15.5 Å². The second kappa shape index (κ2) is 19.5. The number of hydrogen-bond acceptors (Lipinski definition) is 8. The molecule has 286 valence electrons. The number of nitrogens with one attached hydrogen (secondary N) is 2. The van der Waals surface area contributed by atoms with Crippen LogP contribution in [-0.2, 0) is 25.6 Å².